The monoisotopic (exact) mass is 376 g/mol. The highest BCUT2D eigenvalue weighted by Crippen LogP contribution is 2.33. The van der Waals surface area contributed by atoms with Crippen LogP contribution in [0.15, 0.2) is 55.0 Å². The van der Waals surface area contributed by atoms with Crippen LogP contribution in [-0.4, -0.2) is 32.3 Å². The second-order valence-corrected chi connectivity index (χ2v) is 7.03. The Morgan fingerprint density at radius 1 is 1.11 bits per heavy atom. The number of nitrogens with zero attached hydrogens (tertiary/aromatic N) is 4. The molecule has 1 amide bonds. The largest absolute Gasteiger partial charge is 0.329 e. The van der Waals surface area contributed by atoms with Crippen molar-refractivity contribution >= 4 is 5.91 Å². The Labute approximate surface area is 163 Å². The molecule has 6 heteroatoms. The summed E-state index contributed by atoms with van der Waals surface area (Å²) < 4.78 is 13.3. The first-order valence-corrected chi connectivity index (χ1v) is 9.43. The van der Waals surface area contributed by atoms with Gasteiger partial charge in [-0.25, -0.2) is 9.37 Å². The summed E-state index contributed by atoms with van der Waals surface area (Å²) in [5.74, 6) is -0.382. The number of benzene rings is 1. The second kappa shape index (κ2) is 7.84. The molecule has 0 unspecified atom stereocenters. The van der Waals surface area contributed by atoms with Crippen LogP contribution in [0.1, 0.15) is 47.2 Å². The van der Waals surface area contributed by atoms with Crippen molar-refractivity contribution in [3.63, 3.8) is 0 Å². The van der Waals surface area contributed by atoms with Crippen LogP contribution >= 0.6 is 0 Å². The Morgan fingerprint density at radius 2 is 1.93 bits per heavy atom. The van der Waals surface area contributed by atoms with Gasteiger partial charge in [-0.1, -0.05) is 12.1 Å². The molecule has 0 saturated carbocycles. The first kappa shape index (κ1) is 18.2. The number of hydrogen-bond donors (Lipinski definition) is 0. The molecule has 2 aromatic heterocycles. The number of likely N-dealkylation sites (tertiary alicyclic amines) is 1. The van der Waals surface area contributed by atoms with Gasteiger partial charge in [0.25, 0.3) is 5.91 Å². The zero-order valence-corrected chi connectivity index (χ0v) is 15.7. The van der Waals surface area contributed by atoms with E-state index in [1.807, 2.05) is 24.0 Å². The molecule has 1 atom stereocenters. The van der Waals surface area contributed by atoms with Gasteiger partial charge in [0.15, 0.2) is 0 Å². The Kier molecular flexibility index (Phi) is 5.10. The molecule has 1 aliphatic heterocycles. The summed E-state index contributed by atoms with van der Waals surface area (Å²) in [4.78, 5) is 27.8. The third-order valence-electron chi connectivity index (χ3n) is 5.04. The average molecular weight is 376 g/mol. The quantitative estimate of drug-likeness (QED) is 0.682. The third kappa shape index (κ3) is 3.76. The number of hydrogen-bond acceptors (Lipinski definition) is 4. The number of carbonyl (C=O) groups excluding carboxylic acids is 1. The van der Waals surface area contributed by atoms with Crippen molar-refractivity contribution in [1.82, 2.24) is 19.9 Å². The number of carbonyl (C=O) groups is 1. The molecule has 1 aromatic carbocycles. The Hall–Kier alpha value is -3.15. The number of rotatable bonds is 3. The number of aromatic nitrogens is 3. The van der Waals surface area contributed by atoms with Crippen molar-refractivity contribution in [3.8, 4) is 11.1 Å². The van der Waals surface area contributed by atoms with Crippen molar-refractivity contribution in [2.24, 2.45) is 0 Å². The fraction of sp³-hybridized carbons (Fsp3) is 0.273. The lowest BCUT2D eigenvalue weighted by molar-refractivity contribution is 0.0599. The highest BCUT2D eigenvalue weighted by atomic mass is 19.1. The third-order valence-corrected chi connectivity index (χ3v) is 5.04. The normalized spacial score (nSPS) is 16.8. The van der Waals surface area contributed by atoms with Gasteiger partial charge < -0.3 is 4.90 Å². The predicted octanol–water partition coefficient (Wildman–Crippen LogP) is 4.35. The van der Waals surface area contributed by atoms with Gasteiger partial charge in [0, 0.05) is 24.6 Å². The van der Waals surface area contributed by atoms with E-state index < -0.39 is 0 Å². The summed E-state index contributed by atoms with van der Waals surface area (Å²) >= 11 is 0. The summed E-state index contributed by atoms with van der Waals surface area (Å²) in [6.45, 7) is 2.61. The molecule has 4 rings (SSSR count). The van der Waals surface area contributed by atoms with Gasteiger partial charge >= 0.3 is 0 Å². The molecule has 3 heterocycles. The van der Waals surface area contributed by atoms with Crippen molar-refractivity contribution in [1.29, 1.82) is 0 Å². The van der Waals surface area contributed by atoms with E-state index in [2.05, 4.69) is 9.97 Å². The van der Waals surface area contributed by atoms with E-state index in [0.29, 0.717) is 12.2 Å². The Balaban J connectivity index is 1.69. The lowest BCUT2D eigenvalue weighted by Crippen LogP contribution is -2.39. The summed E-state index contributed by atoms with van der Waals surface area (Å²) in [7, 11) is 0. The molecular weight excluding hydrogens is 355 g/mol. The minimum absolute atomic E-state index is 0.109. The molecule has 0 N–H and O–H groups in total. The lowest BCUT2D eigenvalue weighted by atomic mass is 9.95. The van der Waals surface area contributed by atoms with Crippen LogP contribution in [0.3, 0.4) is 0 Å². The zero-order valence-electron chi connectivity index (χ0n) is 15.7. The first-order valence-electron chi connectivity index (χ1n) is 9.43. The fourth-order valence-electron chi connectivity index (χ4n) is 3.71. The standard InChI is InChI=1S/C22H21FN4O/c1-15-12-17(16-5-7-18(23)8-6-16)13-19(26-15)21-4-2-3-11-27(21)22(28)20-14-24-9-10-25-20/h5-10,12-14,21H,2-4,11H2,1H3/t21-/m0/s1. The van der Waals surface area contributed by atoms with E-state index in [1.165, 1.54) is 24.5 Å². The molecule has 1 fully saturated rings. The van der Waals surface area contributed by atoms with E-state index in [-0.39, 0.29) is 17.8 Å². The second-order valence-electron chi connectivity index (χ2n) is 7.03. The van der Waals surface area contributed by atoms with Crippen LogP contribution in [0.4, 0.5) is 4.39 Å². The highest BCUT2D eigenvalue weighted by Gasteiger charge is 2.30. The Bertz CT molecular complexity index is 976. The Morgan fingerprint density at radius 3 is 2.68 bits per heavy atom. The highest BCUT2D eigenvalue weighted by molar-refractivity contribution is 5.92. The maximum Gasteiger partial charge on any atom is 0.274 e. The van der Waals surface area contributed by atoms with Crippen molar-refractivity contribution < 1.29 is 9.18 Å². The van der Waals surface area contributed by atoms with Crippen LogP contribution in [0.5, 0.6) is 0 Å². The smallest absolute Gasteiger partial charge is 0.274 e. The number of halogens is 1. The summed E-state index contributed by atoms with van der Waals surface area (Å²) in [6.07, 6.45) is 7.44. The maximum atomic E-state index is 13.3. The first-order chi connectivity index (χ1) is 13.6. The van der Waals surface area contributed by atoms with Gasteiger partial charge in [0.05, 0.1) is 17.9 Å². The van der Waals surface area contributed by atoms with Crippen molar-refractivity contribution in [2.45, 2.75) is 32.2 Å². The molecule has 1 saturated heterocycles. The maximum absolute atomic E-state index is 13.3. The van der Waals surface area contributed by atoms with Crippen LogP contribution < -0.4 is 0 Å². The molecule has 3 aromatic rings. The predicted molar refractivity (Wildman–Crippen MR) is 104 cm³/mol. The molecule has 0 spiro atoms. The van der Waals surface area contributed by atoms with E-state index in [0.717, 1.165) is 41.8 Å². The molecular formula is C22H21FN4O. The fourth-order valence-corrected chi connectivity index (χ4v) is 3.71. The van der Waals surface area contributed by atoms with E-state index in [4.69, 9.17) is 4.98 Å². The summed E-state index contributed by atoms with van der Waals surface area (Å²) in [5, 5.41) is 0. The molecule has 5 nitrogen and oxygen atoms in total. The molecule has 0 bridgehead atoms. The molecule has 1 aliphatic rings. The van der Waals surface area contributed by atoms with Crippen molar-refractivity contribution in [3.05, 3.63) is 77.9 Å². The number of piperidine rings is 1. The number of aryl methyl sites for hydroxylation is 1. The van der Waals surface area contributed by atoms with E-state index >= 15 is 0 Å². The van der Waals surface area contributed by atoms with Gasteiger partial charge in [-0.2, -0.15) is 0 Å². The van der Waals surface area contributed by atoms with Crippen LogP contribution in [0.2, 0.25) is 0 Å². The minimum Gasteiger partial charge on any atom is -0.329 e. The number of pyridine rings is 1. The van der Waals surface area contributed by atoms with Crippen molar-refractivity contribution in [2.75, 3.05) is 6.54 Å². The van der Waals surface area contributed by atoms with E-state index in [1.54, 1.807) is 18.3 Å². The van der Waals surface area contributed by atoms with Crippen LogP contribution in [0, 0.1) is 12.7 Å². The molecule has 142 valence electrons. The molecule has 28 heavy (non-hydrogen) atoms. The van der Waals surface area contributed by atoms with Crippen LogP contribution in [-0.2, 0) is 0 Å². The van der Waals surface area contributed by atoms with Crippen LogP contribution in [0.25, 0.3) is 11.1 Å². The van der Waals surface area contributed by atoms with Gasteiger partial charge in [0.2, 0.25) is 0 Å². The number of amides is 1. The van der Waals surface area contributed by atoms with Gasteiger partial charge in [-0.05, 0) is 61.6 Å². The topological polar surface area (TPSA) is 59.0 Å². The van der Waals surface area contributed by atoms with Gasteiger partial charge in [0.1, 0.15) is 11.5 Å². The summed E-state index contributed by atoms with van der Waals surface area (Å²) in [5.41, 5.74) is 3.97. The average Bonchev–Trinajstić information content (AvgIpc) is 2.74. The zero-order chi connectivity index (χ0) is 19.5. The lowest BCUT2D eigenvalue weighted by Gasteiger charge is -2.35. The summed E-state index contributed by atoms with van der Waals surface area (Å²) in [6, 6.07) is 10.3. The van der Waals surface area contributed by atoms with E-state index in [9.17, 15) is 9.18 Å². The molecule has 0 aliphatic carbocycles. The SMILES string of the molecule is Cc1cc(-c2ccc(F)cc2)cc([C@@H]2CCCCN2C(=O)c2cnccn2)n1. The minimum atomic E-state index is -0.261. The van der Waals surface area contributed by atoms with Gasteiger partial charge in [-0.3, -0.25) is 14.8 Å². The molecule has 0 radical (unpaired) electrons. The van der Waals surface area contributed by atoms with Gasteiger partial charge in [-0.15, -0.1) is 0 Å².